The van der Waals surface area contributed by atoms with E-state index in [-0.39, 0.29) is 12.1 Å². The normalized spacial score (nSPS) is 14.4. The molecule has 0 aromatic heterocycles. The van der Waals surface area contributed by atoms with Crippen molar-refractivity contribution in [3.8, 4) is 5.75 Å². The van der Waals surface area contributed by atoms with Crippen LogP contribution < -0.4 is 10.1 Å². The fraction of sp³-hybridized carbons (Fsp3) is 0.458. The Kier molecular flexibility index (Phi) is 8.71. The van der Waals surface area contributed by atoms with Crippen molar-refractivity contribution in [1.82, 2.24) is 10.2 Å². The van der Waals surface area contributed by atoms with Crippen LogP contribution in [0.25, 0.3) is 0 Å². The molecule has 0 aliphatic heterocycles. The summed E-state index contributed by atoms with van der Waals surface area (Å²) < 4.78 is 5.52. The molecule has 0 heterocycles. The van der Waals surface area contributed by atoms with E-state index < -0.39 is 0 Å². The second-order valence-electron chi connectivity index (χ2n) is 7.77. The van der Waals surface area contributed by atoms with Crippen LogP contribution in [-0.2, 0) is 13.0 Å². The van der Waals surface area contributed by atoms with E-state index in [0.717, 1.165) is 29.7 Å². The highest BCUT2D eigenvalue weighted by atomic mass is 35.5. The van der Waals surface area contributed by atoms with Crippen LogP contribution in [-0.4, -0.2) is 30.1 Å². The number of hydrogen-bond donors (Lipinski definition) is 1. The van der Waals surface area contributed by atoms with E-state index in [1.54, 1.807) is 6.07 Å². The lowest BCUT2D eigenvalue weighted by Gasteiger charge is -2.29. The van der Waals surface area contributed by atoms with Crippen molar-refractivity contribution in [3.63, 3.8) is 0 Å². The van der Waals surface area contributed by atoms with Crippen molar-refractivity contribution < 1.29 is 9.53 Å². The van der Waals surface area contributed by atoms with Crippen molar-refractivity contribution in [2.45, 2.75) is 58.0 Å². The molecule has 1 aliphatic carbocycles. The Bertz CT molecular complexity index is 820. The van der Waals surface area contributed by atoms with E-state index >= 15 is 0 Å². The van der Waals surface area contributed by atoms with Crippen molar-refractivity contribution in [2.24, 2.45) is 0 Å². The molecule has 30 heavy (non-hydrogen) atoms. The van der Waals surface area contributed by atoms with Gasteiger partial charge in [0.25, 0.3) is 0 Å². The van der Waals surface area contributed by atoms with E-state index in [2.05, 4.69) is 5.32 Å². The quantitative estimate of drug-likeness (QED) is 0.501. The van der Waals surface area contributed by atoms with E-state index in [1.165, 1.54) is 19.3 Å². The first-order valence-corrected chi connectivity index (χ1v) is 11.5. The van der Waals surface area contributed by atoms with Crippen LogP contribution >= 0.6 is 23.2 Å². The van der Waals surface area contributed by atoms with Crippen LogP contribution in [0.3, 0.4) is 0 Å². The Labute approximate surface area is 189 Å². The molecule has 6 heteroatoms. The third kappa shape index (κ3) is 6.82. The van der Waals surface area contributed by atoms with Gasteiger partial charge in [0.15, 0.2) is 0 Å². The first kappa shape index (κ1) is 22.8. The van der Waals surface area contributed by atoms with Gasteiger partial charge in [-0.1, -0.05) is 60.7 Å². The molecule has 2 aromatic carbocycles. The van der Waals surface area contributed by atoms with E-state index in [1.807, 2.05) is 48.2 Å². The Morgan fingerprint density at radius 1 is 1.10 bits per heavy atom. The molecule has 1 fully saturated rings. The number of benzene rings is 2. The highest BCUT2D eigenvalue weighted by Crippen LogP contribution is 2.23. The van der Waals surface area contributed by atoms with Gasteiger partial charge in [0.1, 0.15) is 5.75 Å². The fourth-order valence-corrected chi connectivity index (χ4v) is 4.33. The molecule has 0 radical (unpaired) electrons. The lowest BCUT2D eigenvalue weighted by atomic mass is 9.96. The van der Waals surface area contributed by atoms with Gasteiger partial charge in [0.05, 0.1) is 6.61 Å². The van der Waals surface area contributed by atoms with Crippen molar-refractivity contribution in [2.75, 3.05) is 13.2 Å². The Morgan fingerprint density at radius 2 is 1.83 bits per heavy atom. The minimum Gasteiger partial charge on any atom is -0.494 e. The average molecular weight is 449 g/mol. The molecule has 0 unspecified atom stereocenters. The van der Waals surface area contributed by atoms with Gasteiger partial charge in [0.2, 0.25) is 0 Å². The van der Waals surface area contributed by atoms with Gasteiger partial charge in [-0.3, -0.25) is 0 Å². The van der Waals surface area contributed by atoms with Gasteiger partial charge in [-0.15, -0.1) is 0 Å². The molecular formula is C24H30Cl2N2O2. The third-order valence-electron chi connectivity index (χ3n) is 5.49. The molecule has 162 valence electrons. The number of amides is 2. The molecule has 0 spiro atoms. The predicted molar refractivity (Wildman–Crippen MR) is 124 cm³/mol. The van der Waals surface area contributed by atoms with Gasteiger partial charge in [-0.2, -0.15) is 0 Å². The minimum atomic E-state index is -0.0131. The van der Waals surface area contributed by atoms with Crippen molar-refractivity contribution in [1.29, 1.82) is 0 Å². The van der Waals surface area contributed by atoms with E-state index in [9.17, 15) is 4.79 Å². The maximum Gasteiger partial charge on any atom is 0.317 e. The molecular weight excluding hydrogens is 419 g/mol. The molecule has 2 amide bonds. The van der Waals surface area contributed by atoms with E-state index in [4.69, 9.17) is 27.9 Å². The van der Waals surface area contributed by atoms with Crippen LogP contribution in [0.15, 0.2) is 42.5 Å². The Hall–Kier alpha value is -1.91. The number of nitrogens with zero attached hydrogens (tertiary/aromatic N) is 1. The second-order valence-corrected chi connectivity index (χ2v) is 8.61. The topological polar surface area (TPSA) is 41.6 Å². The highest BCUT2D eigenvalue weighted by Gasteiger charge is 2.20. The van der Waals surface area contributed by atoms with Gasteiger partial charge < -0.3 is 15.0 Å². The maximum absolute atomic E-state index is 13.1. The van der Waals surface area contributed by atoms with Crippen LogP contribution in [0, 0.1) is 0 Å². The summed E-state index contributed by atoms with van der Waals surface area (Å²) in [6, 6.07) is 13.7. The molecule has 1 saturated carbocycles. The molecule has 0 saturated heterocycles. The summed E-state index contributed by atoms with van der Waals surface area (Å²) in [7, 11) is 0. The zero-order chi connectivity index (χ0) is 21.3. The number of halogens is 2. The number of carbonyl (C=O) groups is 1. The van der Waals surface area contributed by atoms with Crippen molar-refractivity contribution >= 4 is 29.2 Å². The van der Waals surface area contributed by atoms with Crippen LogP contribution in [0.5, 0.6) is 5.75 Å². The number of carbonyl (C=O) groups excluding carboxylic acids is 1. The summed E-state index contributed by atoms with van der Waals surface area (Å²) in [4.78, 5) is 15.0. The number of urea groups is 1. The van der Waals surface area contributed by atoms with Crippen LogP contribution in [0.1, 0.15) is 50.2 Å². The molecule has 1 N–H and O–H groups in total. The number of ether oxygens (including phenoxy) is 1. The SMILES string of the molecule is CCOc1ccc(CN(CCc2ccc(Cl)cc2Cl)C(=O)NC2CCCCC2)cc1. The Balaban J connectivity index is 1.68. The minimum absolute atomic E-state index is 0.0131. The number of rotatable bonds is 8. The zero-order valence-electron chi connectivity index (χ0n) is 17.5. The van der Waals surface area contributed by atoms with Gasteiger partial charge >= 0.3 is 6.03 Å². The van der Waals surface area contributed by atoms with Crippen LogP contribution in [0.4, 0.5) is 4.79 Å². The molecule has 0 bridgehead atoms. The maximum atomic E-state index is 13.1. The van der Waals surface area contributed by atoms with Crippen LogP contribution in [0.2, 0.25) is 10.0 Å². The predicted octanol–water partition coefficient (Wildman–Crippen LogP) is 6.48. The van der Waals surface area contributed by atoms with E-state index in [0.29, 0.717) is 36.2 Å². The fourth-order valence-electron chi connectivity index (χ4n) is 3.82. The largest absolute Gasteiger partial charge is 0.494 e. The molecule has 4 nitrogen and oxygen atoms in total. The average Bonchev–Trinajstić information content (AvgIpc) is 2.74. The summed E-state index contributed by atoms with van der Waals surface area (Å²) in [5, 5.41) is 4.49. The summed E-state index contributed by atoms with van der Waals surface area (Å²) in [6.07, 6.45) is 6.42. The second kappa shape index (κ2) is 11.5. The van der Waals surface area contributed by atoms with Gasteiger partial charge in [-0.25, -0.2) is 4.79 Å². The molecule has 1 aliphatic rings. The summed E-state index contributed by atoms with van der Waals surface area (Å²) >= 11 is 12.3. The summed E-state index contributed by atoms with van der Waals surface area (Å²) in [5.41, 5.74) is 2.06. The first-order chi connectivity index (χ1) is 14.5. The van der Waals surface area contributed by atoms with Gasteiger partial charge in [0, 0.05) is 29.2 Å². The smallest absolute Gasteiger partial charge is 0.317 e. The summed E-state index contributed by atoms with van der Waals surface area (Å²) in [6.45, 7) is 3.72. The molecule has 2 aromatic rings. The van der Waals surface area contributed by atoms with Gasteiger partial charge in [-0.05, 0) is 61.6 Å². The number of hydrogen-bond acceptors (Lipinski definition) is 2. The molecule has 3 rings (SSSR count). The lowest BCUT2D eigenvalue weighted by molar-refractivity contribution is 0.188. The molecule has 0 atom stereocenters. The highest BCUT2D eigenvalue weighted by molar-refractivity contribution is 6.35. The first-order valence-electron chi connectivity index (χ1n) is 10.8. The standard InChI is InChI=1S/C24H30Cl2N2O2/c1-2-30-22-12-8-18(9-13-22)17-28(24(29)27-21-6-4-3-5-7-21)15-14-19-10-11-20(25)16-23(19)26/h8-13,16,21H,2-7,14-15,17H2,1H3,(H,27,29). The zero-order valence-corrected chi connectivity index (χ0v) is 19.0. The lowest BCUT2D eigenvalue weighted by Crippen LogP contribution is -2.45. The summed E-state index contributed by atoms with van der Waals surface area (Å²) in [5.74, 6) is 0.840. The Morgan fingerprint density at radius 3 is 2.50 bits per heavy atom. The van der Waals surface area contributed by atoms with Crippen molar-refractivity contribution in [3.05, 3.63) is 63.6 Å². The number of nitrogens with one attached hydrogen (secondary N) is 1. The third-order valence-corrected chi connectivity index (χ3v) is 6.08. The monoisotopic (exact) mass is 448 g/mol.